The lowest BCUT2D eigenvalue weighted by molar-refractivity contribution is 0.643. The van der Waals surface area contributed by atoms with Crippen molar-refractivity contribution in [3.8, 4) is 6.07 Å². The average Bonchev–Trinajstić information content (AvgIpc) is 2.55. The van der Waals surface area contributed by atoms with Crippen molar-refractivity contribution in [2.45, 2.75) is 0 Å². The summed E-state index contributed by atoms with van der Waals surface area (Å²) in [5.41, 5.74) is 1.70. The molecule has 6 heteroatoms. The number of halogens is 1. The smallest absolute Gasteiger partial charge is 0.169 e. The first-order chi connectivity index (χ1) is 10.3. The molecule has 3 rings (SSSR count). The van der Waals surface area contributed by atoms with Crippen molar-refractivity contribution in [3.05, 3.63) is 47.1 Å². The summed E-state index contributed by atoms with van der Waals surface area (Å²) in [6, 6.07) is 11.7. The van der Waals surface area contributed by atoms with Gasteiger partial charge < -0.3 is 9.80 Å². The first-order valence-electron chi connectivity index (χ1n) is 6.75. The molecule has 1 aromatic carbocycles. The summed E-state index contributed by atoms with van der Waals surface area (Å²) >= 11 is 6.04. The summed E-state index contributed by atoms with van der Waals surface area (Å²) in [5, 5.41) is 17.9. The fourth-order valence-electron chi connectivity index (χ4n) is 2.49. The third-order valence-corrected chi connectivity index (χ3v) is 3.81. The van der Waals surface area contributed by atoms with E-state index in [0.717, 1.165) is 36.9 Å². The van der Waals surface area contributed by atoms with Crippen LogP contribution in [0.4, 0.5) is 11.5 Å². The molecule has 2 aromatic rings. The molecule has 106 valence electrons. The number of anilines is 2. The molecule has 2 heterocycles. The first kappa shape index (κ1) is 13.7. The quantitative estimate of drug-likeness (QED) is 0.852. The number of rotatable bonds is 2. The SMILES string of the molecule is N#Cc1ccnnc1N1CCN(c2cccc(Cl)c2)CC1. The molecule has 1 fully saturated rings. The monoisotopic (exact) mass is 299 g/mol. The van der Waals surface area contributed by atoms with Crippen molar-refractivity contribution < 1.29 is 0 Å². The second kappa shape index (κ2) is 5.98. The van der Waals surface area contributed by atoms with Gasteiger partial charge in [-0.1, -0.05) is 17.7 Å². The summed E-state index contributed by atoms with van der Waals surface area (Å²) < 4.78 is 0. The first-order valence-corrected chi connectivity index (χ1v) is 7.13. The molecule has 1 saturated heterocycles. The molecular formula is C15H14ClN5. The Morgan fingerprint density at radius 2 is 1.86 bits per heavy atom. The highest BCUT2D eigenvalue weighted by molar-refractivity contribution is 6.30. The van der Waals surface area contributed by atoms with Gasteiger partial charge >= 0.3 is 0 Å². The predicted octanol–water partition coefficient (Wildman–Crippen LogP) is 2.33. The Kier molecular flexibility index (Phi) is 3.89. The van der Waals surface area contributed by atoms with Gasteiger partial charge in [-0.05, 0) is 24.3 Å². The zero-order valence-corrected chi connectivity index (χ0v) is 12.2. The highest BCUT2D eigenvalue weighted by atomic mass is 35.5. The molecule has 0 bridgehead atoms. The number of hydrogen-bond donors (Lipinski definition) is 0. The standard InChI is InChI=1S/C15H14ClN5/c16-13-2-1-3-14(10-13)20-6-8-21(9-7-20)15-12(11-17)4-5-18-19-15/h1-5,10H,6-9H2. The molecule has 0 spiro atoms. The molecule has 0 unspecified atom stereocenters. The Hall–Kier alpha value is -2.32. The van der Waals surface area contributed by atoms with Gasteiger partial charge in [0.25, 0.3) is 0 Å². The minimum atomic E-state index is 0.571. The van der Waals surface area contributed by atoms with Crippen molar-refractivity contribution >= 4 is 23.1 Å². The number of nitrogens with zero attached hydrogens (tertiary/aromatic N) is 5. The maximum Gasteiger partial charge on any atom is 0.169 e. The Balaban J connectivity index is 1.72. The van der Waals surface area contributed by atoms with Crippen molar-refractivity contribution in [3.63, 3.8) is 0 Å². The maximum atomic E-state index is 9.14. The van der Waals surface area contributed by atoms with E-state index < -0.39 is 0 Å². The van der Waals surface area contributed by atoms with Gasteiger partial charge in [0.15, 0.2) is 5.82 Å². The molecule has 0 atom stereocenters. The van der Waals surface area contributed by atoms with Crippen molar-refractivity contribution in [2.75, 3.05) is 36.0 Å². The zero-order chi connectivity index (χ0) is 14.7. The summed E-state index contributed by atoms with van der Waals surface area (Å²) in [5.74, 6) is 0.672. The van der Waals surface area contributed by atoms with Crippen LogP contribution in [0.2, 0.25) is 5.02 Å². The third kappa shape index (κ3) is 2.91. The predicted molar refractivity (Wildman–Crippen MR) is 82.6 cm³/mol. The van der Waals surface area contributed by atoms with Crippen LogP contribution in [0.25, 0.3) is 0 Å². The second-order valence-corrected chi connectivity index (χ2v) is 5.27. The van der Waals surface area contributed by atoms with Gasteiger partial charge in [0.2, 0.25) is 0 Å². The number of hydrogen-bond acceptors (Lipinski definition) is 5. The van der Waals surface area contributed by atoms with Crippen LogP contribution >= 0.6 is 11.6 Å². The van der Waals surface area contributed by atoms with Gasteiger partial charge in [0.1, 0.15) is 6.07 Å². The van der Waals surface area contributed by atoms with Crippen LogP contribution in [0.15, 0.2) is 36.5 Å². The summed E-state index contributed by atoms with van der Waals surface area (Å²) in [6.07, 6.45) is 1.55. The minimum absolute atomic E-state index is 0.571. The summed E-state index contributed by atoms with van der Waals surface area (Å²) in [7, 11) is 0. The van der Waals surface area contributed by atoms with E-state index in [4.69, 9.17) is 16.9 Å². The van der Waals surface area contributed by atoms with Gasteiger partial charge in [-0.15, -0.1) is 5.10 Å². The van der Waals surface area contributed by atoms with Crippen LogP contribution in [0, 0.1) is 11.3 Å². The number of aromatic nitrogens is 2. The molecular weight excluding hydrogens is 286 g/mol. The molecule has 1 aromatic heterocycles. The topological polar surface area (TPSA) is 56.1 Å². The highest BCUT2D eigenvalue weighted by Gasteiger charge is 2.20. The second-order valence-electron chi connectivity index (χ2n) is 4.83. The molecule has 5 nitrogen and oxygen atoms in total. The molecule has 21 heavy (non-hydrogen) atoms. The fraction of sp³-hybridized carbons (Fsp3) is 0.267. The molecule has 0 radical (unpaired) electrons. The summed E-state index contributed by atoms with van der Waals surface area (Å²) in [4.78, 5) is 4.39. The van der Waals surface area contributed by atoms with Gasteiger partial charge in [0, 0.05) is 36.9 Å². The van der Waals surface area contributed by atoms with E-state index in [2.05, 4.69) is 32.1 Å². The fourth-order valence-corrected chi connectivity index (χ4v) is 2.68. The van der Waals surface area contributed by atoms with E-state index in [1.807, 2.05) is 18.2 Å². The molecule has 0 amide bonds. The van der Waals surface area contributed by atoms with E-state index in [1.54, 1.807) is 12.3 Å². The molecule has 0 aliphatic carbocycles. The van der Waals surface area contributed by atoms with Crippen molar-refractivity contribution in [1.29, 1.82) is 5.26 Å². The lowest BCUT2D eigenvalue weighted by Crippen LogP contribution is -2.47. The van der Waals surface area contributed by atoms with Crippen molar-refractivity contribution in [2.24, 2.45) is 0 Å². The lowest BCUT2D eigenvalue weighted by Gasteiger charge is -2.36. The normalized spacial score (nSPS) is 14.9. The molecule has 0 N–H and O–H groups in total. The molecule has 0 saturated carbocycles. The Bertz CT molecular complexity index is 674. The van der Waals surface area contributed by atoms with Gasteiger partial charge in [-0.2, -0.15) is 10.4 Å². The van der Waals surface area contributed by atoms with Crippen LogP contribution < -0.4 is 9.80 Å². The molecule has 1 aliphatic rings. The third-order valence-electron chi connectivity index (χ3n) is 3.57. The highest BCUT2D eigenvalue weighted by Crippen LogP contribution is 2.23. The Labute approximate surface area is 128 Å². The van der Waals surface area contributed by atoms with Crippen molar-refractivity contribution in [1.82, 2.24) is 10.2 Å². The van der Waals surface area contributed by atoms with Crippen LogP contribution in [0.5, 0.6) is 0 Å². The summed E-state index contributed by atoms with van der Waals surface area (Å²) in [6.45, 7) is 3.34. The maximum absolute atomic E-state index is 9.14. The number of piperazine rings is 1. The van der Waals surface area contributed by atoms with Gasteiger partial charge in [-0.3, -0.25) is 0 Å². The number of nitriles is 1. The Morgan fingerprint density at radius 3 is 2.57 bits per heavy atom. The largest absolute Gasteiger partial charge is 0.368 e. The van der Waals surface area contributed by atoms with Gasteiger partial charge in [-0.25, -0.2) is 0 Å². The van der Waals surface area contributed by atoms with E-state index in [0.29, 0.717) is 11.4 Å². The van der Waals surface area contributed by atoms with Crippen LogP contribution in [-0.4, -0.2) is 36.4 Å². The average molecular weight is 300 g/mol. The van der Waals surface area contributed by atoms with E-state index >= 15 is 0 Å². The minimum Gasteiger partial charge on any atom is -0.368 e. The van der Waals surface area contributed by atoms with Gasteiger partial charge in [0.05, 0.1) is 11.8 Å². The Morgan fingerprint density at radius 1 is 1.10 bits per heavy atom. The zero-order valence-electron chi connectivity index (χ0n) is 11.4. The van der Waals surface area contributed by atoms with Crippen LogP contribution in [-0.2, 0) is 0 Å². The van der Waals surface area contributed by atoms with E-state index in [-0.39, 0.29) is 0 Å². The number of benzene rings is 1. The molecule has 1 aliphatic heterocycles. The lowest BCUT2D eigenvalue weighted by atomic mass is 10.2. The van der Waals surface area contributed by atoms with Crippen LogP contribution in [0.1, 0.15) is 5.56 Å². The van der Waals surface area contributed by atoms with E-state index in [9.17, 15) is 0 Å². The van der Waals surface area contributed by atoms with Crippen LogP contribution in [0.3, 0.4) is 0 Å². The van der Waals surface area contributed by atoms with E-state index in [1.165, 1.54) is 0 Å².